The highest BCUT2D eigenvalue weighted by Gasteiger charge is 2.63. The fraction of sp³-hybridized carbons (Fsp3) is 0.793. The Bertz CT molecular complexity index is 1240. The zero-order valence-electron chi connectivity index (χ0n) is 25.7. The fourth-order valence-electron chi connectivity index (χ4n) is 5.86. The van der Waals surface area contributed by atoms with E-state index in [9.17, 15) is 32.7 Å². The number of hydrogen-bond acceptors (Lipinski definition) is 9. The first kappa shape index (κ1) is 33.2. The van der Waals surface area contributed by atoms with Gasteiger partial charge in [0.05, 0.1) is 17.5 Å². The van der Waals surface area contributed by atoms with E-state index in [1.807, 2.05) is 12.2 Å². The van der Waals surface area contributed by atoms with Crippen molar-refractivity contribution in [2.75, 3.05) is 20.3 Å². The maximum absolute atomic E-state index is 14.1. The Kier molecular flexibility index (Phi) is 9.53. The van der Waals surface area contributed by atoms with E-state index in [2.05, 4.69) is 15.4 Å². The molecule has 0 aromatic carbocycles. The standard InChI is InChI=1S/C29H46N4O9S/c1-27(2,3)42-26(38)30-22-18(17-41-5)10-8-6-7-9-11-19-15-29(19,25(37)32-43(39,40)28(4)12-13-28)31-23(35)21-14-20(34)16-33(21)24(22)36/h9,11,18-22,34H,6-8,10,12-17H2,1-5H3,(H,30,38)(H,31,35)(H,32,37)/b11-9-/t18-,19+,20+,21-,22-,29+/m0/s1. The van der Waals surface area contributed by atoms with Crippen LogP contribution in [0.5, 0.6) is 0 Å². The Morgan fingerprint density at radius 2 is 1.91 bits per heavy atom. The van der Waals surface area contributed by atoms with Crippen LogP contribution < -0.4 is 15.4 Å². The van der Waals surface area contributed by atoms with Gasteiger partial charge in [-0.25, -0.2) is 13.2 Å². The first-order chi connectivity index (χ1) is 20.0. The molecule has 1 saturated heterocycles. The van der Waals surface area contributed by atoms with Gasteiger partial charge in [0, 0.05) is 31.9 Å². The lowest BCUT2D eigenvalue weighted by Crippen LogP contribution is -2.60. The van der Waals surface area contributed by atoms with Gasteiger partial charge in [-0.1, -0.05) is 18.6 Å². The molecular weight excluding hydrogens is 580 g/mol. The number of carbonyl (C=O) groups excluding carboxylic acids is 4. The number of aliphatic hydroxyl groups excluding tert-OH is 1. The summed E-state index contributed by atoms with van der Waals surface area (Å²) < 4.78 is 37.8. The van der Waals surface area contributed by atoms with Gasteiger partial charge in [-0.05, 0) is 66.2 Å². The van der Waals surface area contributed by atoms with Crippen LogP contribution in [-0.2, 0) is 33.9 Å². The first-order valence-electron chi connectivity index (χ1n) is 15.0. The Labute approximate surface area is 253 Å². The molecule has 13 nitrogen and oxygen atoms in total. The van der Waals surface area contributed by atoms with Crippen LogP contribution in [0.15, 0.2) is 12.2 Å². The highest BCUT2D eigenvalue weighted by atomic mass is 32.2. The van der Waals surface area contributed by atoms with Gasteiger partial charge in [0.25, 0.3) is 5.91 Å². The summed E-state index contributed by atoms with van der Waals surface area (Å²) in [5.74, 6) is -2.94. The lowest BCUT2D eigenvalue weighted by Gasteiger charge is -2.33. The lowest BCUT2D eigenvalue weighted by molar-refractivity contribution is -0.142. The molecule has 0 bridgehead atoms. The number of nitrogens with one attached hydrogen (secondary N) is 3. The second-order valence-electron chi connectivity index (χ2n) is 13.6. The highest BCUT2D eigenvalue weighted by Crippen LogP contribution is 2.47. The van der Waals surface area contributed by atoms with Crippen molar-refractivity contribution >= 4 is 33.8 Å². The molecule has 2 aliphatic carbocycles. The molecule has 4 rings (SSSR count). The van der Waals surface area contributed by atoms with E-state index in [4.69, 9.17) is 9.47 Å². The zero-order valence-corrected chi connectivity index (χ0v) is 26.5. The zero-order chi connectivity index (χ0) is 31.8. The fourth-order valence-corrected chi connectivity index (χ4v) is 7.17. The van der Waals surface area contributed by atoms with Crippen LogP contribution >= 0.6 is 0 Å². The molecule has 14 heteroatoms. The van der Waals surface area contributed by atoms with Crippen molar-refractivity contribution in [1.82, 2.24) is 20.3 Å². The summed E-state index contributed by atoms with van der Waals surface area (Å²) in [5, 5.41) is 16.0. The largest absolute Gasteiger partial charge is 0.444 e. The molecule has 0 aromatic rings. The molecule has 0 radical (unpaired) electrons. The molecular formula is C29H46N4O9S. The number of nitrogens with zero attached hydrogens (tertiary/aromatic N) is 1. The number of fused-ring (bicyclic) bond motifs is 2. The van der Waals surface area contributed by atoms with Gasteiger partial charge >= 0.3 is 6.09 Å². The number of alkyl carbamates (subject to hydrolysis) is 1. The topological polar surface area (TPSA) is 180 Å². The summed E-state index contributed by atoms with van der Waals surface area (Å²) in [5.41, 5.74) is -2.32. The molecule has 4 N–H and O–H groups in total. The molecule has 0 spiro atoms. The van der Waals surface area contributed by atoms with E-state index < -0.39 is 79.7 Å². The normalized spacial score (nSPS) is 33.5. The summed E-state index contributed by atoms with van der Waals surface area (Å²) in [4.78, 5) is 55.4. The van der Waals surface area contributed by atoms with E-state index in [1.54, 1.807) is 27.7 Å². The van der Waals surface area contributed by atoms with Crippen molar-refractivity contribution in [3.63, 3.8) is 0 Å². The van der Waals surface area contributed by atoms with E-state index in [-0.39, 0.29) is 26.0 Å². The van der Waals surface area contributed by atoms with Gasteiger partial charge in [0.2, 0.25) is 21.8 Å². The number of methoxy groups -OCH3 is 1. The molecule has 2 aliphatic heterocycles. The first-order valence-corrected chi connectivity index (χ1v) is 16.5. The van der Waals surface area contributed by atoms with Crippen LogP contribution in [0.25, 0.3) is 0 Å². The number of amides is 4. The Morgan fingerprint density at radius 3 is 2.53 bits per heavy atom. The molecule has 242 valence electrons. The van der Waals surface area contributed by atoms with Gasteiger partial charge in [-0.3, -0.25) is 19.1 Å². The quantitative estimate of drug-likeness (QED) is 0.314. The minimum absolute atomic E-state index is 0.0831. The SMILES string of the molecule is COC[C@@H]1CCCC/C=C\[C@@H]2C[C@@]2(C(=O)NS(=O)(=O)C2(C)CC2)NC(=O)[C@@H]2C[C@@H](O)CN2C(=O)[C@H]1NC(=O)OC(C)(C)C. The Hall–Kier alpha value is -2.71. The molecule has 43 heavy (non-hydrogen) atoms. The summed E-state index contributed by atoms with van der Waals surface area (Å²) >= 11 is 0. The predicted octanol–water partition coefficient (Wildman–Crippen LogP) is 1.11. The molecule has 4 aliphatic rings. The number of ether oxygens (including phenoxy) is 2. The molecule has 3 fully saturated rings. The number of carbonyl (C=O) groups is 4. The van der Waals surface area contributed by atoms with Crippen molar-refractivity contribution in [3.05, 3.63) is 12.2 Å². The van der Waals surface area contributed by atoms with Crippen molar-refractivity contribution in [3.8, 4) is 0 Å². The number of aliphatic hydroxyl groups is 1. The Morgan fingerprint density at radius 1 is 1.21 bits per heavy atom. The predicted molar refractivity (Wildman–Crippen MR) is 156 cm³/mol. The number of hydrogen-bond donors (Lipinski definition) is 4. The van der Waals surface area contributed by atoms with Gasteiger partial charge in [-0.2, -0.15) is 0 Å². The molecule has 0 unspecified atom stereocenters. The van der Waals surface area contributed by atoms with Crippen molar-refractivity contribution < 1.29 is 42.2 Å². The lowest BCUT2D eigenvalue weighted by atomic mass is 9.92. The smallest absolute Gasteiger partial charge is 0.408 e. The summed E-state index contributed by atoms with van der Waals surface area (Å²) in [7, 11) is -2.45. The second kappa shape index (κ2) is 12.4. The van der Waals surface area contributed by atoms with E-state index in [0.29, 0.717) is 32.1 Å². The molecule has 2 heterocycles. The van der Waals surface area contributed by atoms with Gasteiger partial charge in [0.15, 0.2) is 0 Å². The number of sulfonamides is 1. The highest BCUT2D eigenvalue weighted by molar-refractivity contribution is 7.91. The summed E-state index contributed by atoms with van der Waals surface area (Å²) in [6.45, 7) is 6.69. The third-order valence-corrected chi connectivity index (χ3v) is 11.0. The maximum atomic E-state index is 14.1. The molecule has 2 saturated carbocycles. The third kappa shape index (κ3) is 7.51. The Balaban J connectivity index is 1.63. The van der Waals surface area contributed by atoms with Crippen LogP contribution in [0.1, 0.15) is 79.1 Å². The van der Waals surface area contributed by atoms with Crippen molar-refractivity contribution in [2.45, 2.75) is 113 Å². The minimum Gasteiger partial charge on any atom is -0.444 e. The molecule has 6 atom stereocenters. The van der Waals surface area contributed by atoms with E-state index in [0.717, 1.165) is 6.42 Å². The van der Waals surface area contributed by atoms with Crippen LogP contribution in [0.4, 0.5) is 4.79 Å². The molecule has 4 amide bonds. The average Bonchev–Trinajstić information content (AvgIpc) is 3.77. The third-order valence-electron chi connectivity index (χ3n) is 8.82. The van der Waals surface area contributed by atoms with Gasteiger partial charge < -0.3 is 30.1 Å². The maximum Gasteiger partial charge on any atom is 0.408 e. The van der Waals surface area contributed by atoms with E-state index in [1.165, 1.54) is 12.0 Å². The number of allylic oxidation sites excluding steroid dienone is 1. The summed E-state index contributed by atoms with van der Waals surface area (Å²) in [6, 6.07) is -2.25. The van der Waals surface area contributed by atoms with Crippen LogP contribution in [0, 0.1) is 11.8 Å². The minimum atomic E-state index is -3.95. The summed E-state index contributed by atoms with van der Waals surface area (Å²) in [6.07, 6.45) is 5.59. The van der Waals surface area contributed by atoms with Gasteiger partial charge in [-0.15, -0.1) is 0 Å². The average molecular weight is 627 g/mol. The van der Waals surface area contributed by atoms with Crippen LogP contribution in [0.2, 0.25) is 0 Å². The van der Waals surface area contributed by atoms with Crippen LogP contribution in [0.3, 0.4) is 0 Å². The van der Waals surface area contributed by atoms with Crippen LogP contribution in [-0.4, -0.2) is 96.6 Å². The second-order valence-corrected chi connectivity index (χ2v) is 15.8. The molecule has 0 aromatic heterocycles. The van der Waals surface area contributed by atoms with Crippen molar-refractivity contribution in [2.24, 2.45) is 11.8 Å². The van der Waals surface area contributed by atoms with E-state index >= 15 is 0 Å². The van der Waals surface area contributed by atoms with Gasteiger partial charge in [0.1, 0.15) is 23.2 Å². The monoisotopic (exact) mass is 626 g/mol. The van der Waals surface area contributed by atoms with Crippen molar-refractivity contribution in [1.29, 1.82) is 0 Å². The number of rotatable bonds is 6.